The summed E-state index contributed by atoms with van der Waals surface area (Å²) in [6.45, 7) is 11.2. The molecule has 1 aromatic carbocycles. The van der Waals surface area contributed by atoms with Crippen LogP contribution >= 0.6 is 0 Å². The van der Waals surface area contributed by atoms with Gasteiger partial charge < -0.3 is 0 Å². The maximum absolute atomic E-state index is 4.88. The van der Waals surface area contributed by atoms with E-state index in [0.29, 0.717) is 11.8 Å². The van der Waals surface area contributed by atoms with Crippen molar-refractivity contribution < 1.29 is 0 Å². The number of hydrogen-bond acceptors (Lipinski definition) is 1. The molecule has 0 unspecified atom stereocenters. The van der Waals surface area contributed by atoms with Crippen LogP contribution in [-0.2, 0) is 6.42 Å². The number of fused-ring (bicyclic) bond motifs is 1. The summed E-state index contributed by atoms with van der Waals surface area (Å²) in [5.41, 5.74) is 5.11. The zero-order valence-corrected chi connectivity index (χ0v) is 12.1. The van der Waals surface area contributed by atoms with Gasteiger partial charge in [-0.1, -0.05) is 39.3 Å². The fourth-order valence-corrected chi connectivity index (χ4v) is 2.40. The van der Waals surface area contributed by atoms with E-state index < -0.39 is 0 Å². The summed E-state index contributed by atoms with van der Waals surface area (Å²) in [6.07, 6.45) is 1.07. The first kappa shape index (κ1) is 13.1. The second-order valence-corrected chi connectivity index (χ2v) is 5.97. The van der Waals surface area contributed by atoms with Crippen molar-refractivity contribution in [2.45, 2.75) is 47.0 Å². The molecule has 0 amide bonds. The maximum Gasteiger partial charge on any atom is 0.0705 e. The molecule has 1 aromatic heterocycles. The van der Waals surface area contributed by atoms with Gasteiger partial charge in [-0.3, -0.25) is 4.98 Å². The second kappa shape index (κ2) is 5.09. The molecule has 0 radical (unpaired) electrons. The summed E-state index contributed by atoms with van der Waals surface area (Å²) >= 11 is 0. The van der Waals surface area contributed by atoms with Crippen LogP contribution in [0.1, 0.15) is 50.4 Å². The normalized spacial score (nSPS) is 11.7. The second-order valence-electron chi connectivity index (χ2n) is 5.97. The van der Waals surface area contributed by atoms with Crippen molar-refractivity contribution in [1.29, 1.82) is 0 Å². The van der Waals surface area contributed by atoms with E-state index in [4.69, 9.17) is 4.98 Å². The molecule has 1 heterocycles. The Kier molecular flexibility index (Phi) is 3.70. The van der Waals surface area contributed by atoms with Gasteiger partial charge in [0.15, 0.2) is 0 Å². The minimum Gasteiger partial charge on any atom is -0.253 e. The van der Waals surface area contributed by atoms with Crippen molar-refractivity contribution in [3.05, 3.63) is 41.1 Å². The molecule has 0 aliphatic carbocycles. The van der Waals surface area contributed by atoms with Crippen molar-refractivity contribution >= 4 is 10.9 Å². The Morgan fingerprint density at radius 1 is 1.06 bits per heavy atom. The molecule has 0 bridgehead atoms. The Labute approximate surface area is 110 Å². The zero-order valence-electron chi connectivity index (χ0n) is 12.1. The van der Waals surface area contributed by atoms with Gasteiger partial charge in [-0.15, -0.1) is 0 Å². The molecule has 0 spiro atoms. The van der Waals surface area contributed by atoms with E-state index in [1.807, 2.05) is 0 Å². The Balaban J connectivity index is 2.60. The van der Waals surface area contributed by atoms with E-state index in [-0.39, 0.29) is 0 Å². The van der Waals surface area contributed by atoms with Crippen LogP contribution < -0.4 is 0 Å². The third-order valence-corrected chi connectivity index (χ3v) is 3.31. The smallest absolute Gasteiger partial charge is 0.0705 e. The molecule has 0 aliphatic heterocycles. The quantitative estimate of drug-likeness (QED) is 0.747. The average Bonchev–Trinajstić information content (AvgIpc) is 2.27. The molecule has 0 fully saturated rings. The predicted molar refractivity (Wildman–Crippen MR) is 79.1 cm³/mol. The maximum atomic E-state index is 4.88. The highest BCUT2D eigenvalue weighted by molar-refractivity contribution is 5.80. The van der Waals surface area contributed by atoms with Crippen molar-refractivity contribution in [3.8, 4) is 0 Å². The van der Waals surface area contributed by atoms with Crippen LogP contribution in [0.25, 0.3) is 10.9 Å². The molecule has 0 saturated heterocycles. The number of nitrogens with zero attached hydrogens (tertiary/aromatic N) is 1. The van der Waals surface area contributed by atoms with Crippen LogP contribution in [0.2, 0.25) is 0 Å². The molecule has 0 saturated carbocycles. The van der Waals surface area contributed by atoms with E-state index in [9.17, 15) is 0 Å². The number of hydrogen-bond donors (Lipinski definition) is 0. The highest BCUT2D eigenvalue weighted by Gasteiger charge is 2.11. The van der Waals surface area contributed by atoms with Crippen molar-refractivity contribution in [2.24, 2.45) is 5.92 Å². The number of pyridine rings is 1. The molecule has 18 heavy (non-hydrogen) atoms. The minimum absolute atomic E-state index is 0.538. The molecular weight excluding hydrogens is 218 g/mol. The van der Waals surface area contributed by atoms with Crippen LogP contribution in [0.5, 0.6) is 0 Å². The van der Waals surface area contributed by atoms with Crippen molar-refractivity contribution in [1.82, 2.24) is 4.98 Å². The van der Waals surface area contributed by atoms with Gasteiger partial charge in [0.25, 0.3) is 0 Å². The van der Waals surface area contributed by atoms with Gasteiger partial charge in [-0.05, 0) is 48.9 Å². The van der Waals surface area contributed by atoms with E-state index in [0.717, 1.165) is 11.9 Å². The van der Waals surface area contributed by atoms with Crippen LogP contribution in [-0.4, -0.2) is 4.98 Å². The highest BCUT2D eigenvalue weighted by atomic mass is 14.7. The number of aromatic nitrogens is 1. The van der Waals surface area contributed by atoms with Gasteiger partial charge in [0.1, 0.15) is 0 Å². The average molecular weight is 241 g/mol. The standard InChI is InChI=1S/C17H23N/c1-11(2)8-17-15(12(3)4)10-14-9-13(5)6-7-16(14)18-17/h6-7,9-12H,8H2,1-5H3. The first-order valence-corrected chi connectivity index (χ1v) is 6.87. The van der Waals surface area contributed by atoms with Crippen LogP contribution in [0.3, 0.4) is 0 Å². The first-order chi connectivity index (χ1) is 8.47. The van der Waals surface area contributed by atoms with E-state index in [1.165, 1.54) is 22.2 Å². The van der Waals surface area contributed by atoms with Crippen LogP contribution in [0.4, 0.5) is 0 Å². The molecular formula is C17H23N. The minimum atomic E-state index is 0.538. The molecule has 1 nitrogen and oxygen atoms in total. The number of benzene rings is 1. The van der Waals surface area contributed by atoms with Crippen LogP contribution in [0.15, 0.2) is 24.3 Å². The summed E-state index contributed by atoms with van der Waals surface area (Å²) in [4.78, 5) is 4.88. The molecule has 0 atom stereocenters. The van der Waals surface area contributed by atoms with Gasteiger partial charge in [-0.2, -0.15) is 0 Å². The Hall–Kier alpha value is -1.37. The van der Waals surface area contributed by atoms with E-state index in [2.05, 4.69) is 58.9 Å². The lowest BCUT2D eigenvalue weighted by Crippen LogP contribution is -2.04. The number of rotatable bonds is 3. The molecule has 2 rings (SSSR count). The summed E-state index contributed by atoms with van der Waals surface area (Å²) in [7, 11) is 0. The molecule has 96 valence electrons. The van der Waals surface area contributed by atoms with Crippen LogP contribution in [0, 0.1) is 12.8 Å². The van der Waals surface area contributed by atoms with Gasteiger partial charge in [0.2, 0.25) is 0 Å². The van der Waals surface area contributed by atoms with Gasteiger partial charge in [0.05, 0.1) is 5.52 Å². The Morgan fingerprint density at radius 2 is 1.78 bits per heavy atom. The Bertz CT molecular complexity index is 553. The first-order valence-electron chi connectivity index (χ1n) is 6.87. The van der Waals surface area contributed by atoms with Crippen molar-refractivity contribution in [2.75, 3.05) is 0 Å². The van der Waals surface area contributed by atoms with E-state index >= 15 is 0 Å². The number of aryl methyl sites for hydroxylation is 1. The zero-order chi connectivity index (χ0) is 13.3. The molecule has 0 aliphatic rings. The lowest BCUT2D eigenvalue weighted by atomic mass is 9.94. The largest absolute Gasteiger partial charge is 0.253 e. The highest BCUT2D eigenvalue weighted by Crippen LogP contribution is 2.25. The van der Waals surface area contributed by atoms with Gasteiger partial charge in [-0.25, -0.2) is 0 Å². The summed E-state index contributed by atoms with van der Waals surface area (Å²) < 4.78 is 0. The Morgan fingerprint density at radius 3 is 2.39 bits per heavy atom. The topological polar surface area (TPSA) is 12.9 Å². The predicted octanol–water partition coefficient (Wildman–Crippen LogP) is 4.87. The molecule has 0 N–H and O–H groups in total. The fourth-order valence-electron chi connectivity index (χ4n) is 2.40. The van der Waals surface area contributed by atoms with Gasteiger partial charge in [0, 0.05) is 11.1 Å². The monoisotopic (exact) mass is 241 g/mol. The van der Waals surface area contributed by atoms with Crippen molar-refractivity contribution in [3.63, 3.8) is 0 Å². The summed E-state index contributed by atoms with van der Waals surface area (Å²) in [5.74, 6) is 1.19. The lowest BCUT2D eigenvalue weighted by Gasteiger charge is -2.15. The third-order valence-electron chi connectivity index (χ3n) is 3.31. The SMILES string of the molecule is Cc1ccc2nc(CC(C)C)c(C(C)C)cc2c1. The van der Waals surface area contributed by atoms with Gasteiger partial charge >= 0.3 is 0 Å². The fraction of sp³-hybridized carbons (Fsp3) is 0.471. The van der Waals surface area contributed by atoms with E-state index in [1.54, 1.807) is 0 Å². The summed E-state index contributed by atoms with van der Waals surface area (Å²) in [5, 5.41) is 1.27. The summed E-state index contributed by atoms with van der Waals surface area (Å²) in [6, 6.07) is 8.84. The lowest BCUT2D eigenvalue weighted by molar-refractivity contribution is 0.627. The molecule has 1 heteroatoms. The third kappa shape index (κ3) is 2.72. The molecule has 2 aromatic rings.